The van der Waals surface area contributed by atoms with Gasteiger partial charge in [-0.3, -0.25) is 0 Å². The van der Waals surface area contributed by atoms with Crippen molar-refractivity contribution in [3.63, 3.8) is 0 Å². The van der Waals surface area contributed by atoms with Gasteiger partial charge in [0.15, 0.2) is 0 Å². The van der Waals surface area contributed by atoms with Crippen LogP contribution in [0.4, 0.5) is 0 Å². The smallest absolute Gasteiger partial charge is 0.124 e. The largest absolute Gasteiger partial charge is 0.508 e. The summed E-state index contributed by atoms with van der Waals surface area (Å²) in [4.78, 5) is 0. The SMILES string of the molecule is CCNCc1cc(OC)ccc1OCc1cccc(O)c1. The number of ether oxygens (including phenoxy) is 2. The third kappa shape index (κ3) is 4.39. The molecule has 0 aromatic heterocycles. The highest BCUT2D eigenvalue weighted by molar-refractivity contribution is 5.40. The first-order chi connectivity index (χ1) is 10.2. The summed E-state index contributed by atoms with van der Waals surface area (Å²) < 4.78 is 11.1. The molecular weight excluding hydrogens is 266 g/mol. The van der Waals surface area contributed by atoms with Gasteiger partial charge in [-0.1, -0.05) is 19.1 Å². The molecule has 4 nitrogen and oxygen atoms in total. The number of phenolic OH excluding ortho intramolecular Hbond substituents is 1. The van der Waals surface area contributed by atoms with E-state index in [0.717, 1.165) is 35.7 Å². The van der Waals surface area contributed by atoms with Gasteiger partial charge in [0.1, 0.15) is 23.9 Å². The first kappa shape index (κ1) is 15.2. The van der Waals surface area contributed by atoms with Gasteiger partial charge in [0.25, 0.3) is 0 Å². The number of benzene rings is 2. The molecule has 0 unspecified atom stereocenters. The monoisotopic (exact) mass is 287 g/mol. The van der Waals surface area contributed by atoms with E-state index in [0.29, 0.717) is 6.61 Å². The van der Waals surface area contributed by atoms with Crippen molar-refractivity contribution in [3.05, 3.63) is 53.6 Å². The quantitative estimate of drug-likeness (QED) is 0.821. The lowest BCUT2D eigenvalue weighted by atomic mass is 10.1. The molecule has 0 aliphatic heterocycles. The minimum atomic E-state index is 0.249. The average Bonchev–Trinajstić information content (AvgIpc) is 2.51. The summed E-state index contributed by atoms with van der Waals surface area (Å²) in [5.74, 6) is 1.88. The fourth-order valence-corrected chi connectivity index (χ4v) is 2.03. The zero-order valence-electron chi connectivity index (χ0n) is 12.4. The Kier molecular flexibility index (Phi) is 5.46. The van der Waals surface area contributed by atoms with Crippen LogP contribution in [0.25, 0.3) is 0 Å². The molecule has 112 valence electrons. The Hall–Kier alpha value is -2.20. The molecule has 0 radical (unpaired) electrons. The van der Waals surface area contributed by atoms with Gasteiger partial charge in [0.05, 0.1) is 7.11 Å². The van der Waals surface area contributed by atoms with Crippen molar-refractivity contribution in [2.45, 2.75) is 20.1 Å². The number of aromatic hydroxyl groups is 1. The molecule has 0 fully saturated rings. The Morgan fingerprint density at radius 3 is 2.71 bits per heavy atom. The highest BCUT2D eigenvalue weighted by atomic mass is 16.5. The van der Waals surface area contributed by atoms with E-state index in [-0.39, 0.29) is 5.75 Å². The maximum atomic E-state index is 9.47. The van der Waals surface area contributed by atoms with Crippen LogP contribution in [0, 0.1) is 0 Å². The second-order valence-electron chi connectivity index (χ2n) is 4.71. The molecule has 2 aromatic carbocycles. The maximum absolute atomic E-state index is 9.47. The van der Waals surface area contributed by atoms with E-state index >= 15 is 0 Å². The normalized spacial score (nSPS) is 10.4. The van der Waals surface area contributed by atoms with Crippen molar-refractivity contribution >= 4 is 0 Å². The highest BCUT2D eigenvalue weighted by Crippen LogP contribution is 2.25. The molecule has 21 heavy (non-hydrogen) atoms. The number of methoxy groups -OCH3 is 1. The summed E-state index contributed by atoms with van der Waals surface area (Å²) in [6, 6.07) is 12.8. The predicted molar refractivity (Wildman–Crippen MR) is 82.8 cm³/mol. The summed E-state index contributed by atoms with van der Waals surface area (Å²) >= 11 is 0. The number of hydrogen-bond acceptors (Lipinski definition) is 4. The molecule has 0 aliphatic carbocycles. The third-order valence-electron chi connectivity index (χ3n) is 3.14. The number of rotatable bonds is 7. The first-order valence-electron chi connectivity index (χ1n) is 7.01. The Bertz CT molecular complexity index is 584. The predicted octanol–water partition coefficient (Wildman–Crippen LogP) is 3.09. The van der Waals surface area contributed by atoms with Crippen LogP contribution in [0.15, 0.2) is 42.5 Å². The van der Waals surface area contributed by atoms with Gasteiger partial charge < -0.3 is 19.9 Å². The van der Waals surface area contributed by atoms with Gasteiger partial charge in [-0.15, -0.1) is 0 Å². The van der Waals surface area contributed by atoms with Crippen molar-refractivity contribution in [2.75, 3.05) is 13.7 Å². The summed E-state index contributed by atoms with van der Waals surface area (Å²) in [7, 11) is 1.65. The van der Waals surface area contributed by atoms with Crippen LogP contribution in [0.2, 0.25) is 0 Å². The van der Waals surface area contributed by atoms with E-state index in [1.807, 2.05) is 30.3 Å². The highest BCUT2D eigenvalue weighted by Gasteiger charge is 2.06. The van der Waals surface area contributed by atoms with E-state index < -0.39 is 0 Å². The Morgan fingerprint density at radius 1 is 1.14 bits per heavy atom. The van der Waals surface area contributed by atoms with E-state index in [9.17, 15) is 5.11 Å². The molecule has 0 aliphatic rings. The lowest BCUT2D eigenvalue weighted by molar-refractivity contribution is 0.300. The maximum Gasteiger partial charge on any atom is 0.124 e. The second-order valence-corrected chi connectivity index (χ2v) is 4.71. The van der Waals surface area contributed by atoms with E-state index in [1.165, 1.54) is 0 Å². The molecule has 0 bridgehead atoms. The summed E-state index contributed by atoms with van der Waals surface area (Å²) in [5, 5.41) is 12.8. The topological polar surface area (TPSA) is 50.7 Å². The van der Waals surface area contributed by atoms with Crippen molar-refractivity contribution in [1.29, 1.82) is 0 Å². The van der Waals surface area contributed by atoms with Gasteiger partial charge >= 0.3 is 0 Å². The molecule has 0 saturated carbocycles. The minimum absolute atomic E-state index is 0.249. The molecule has 2 rings (SSSR count). The van der Waals surface area contributed by atoms with Crippen LogP contribution in [-0.4, -0.2) is 18.8 Å². The van der Waals surface area contributed by atoms with E-state index in [4.69, 9.17) is 9.47 Å². The summed E-state index contributed by atoms with van der Waals surface area (Å²) in [5.41, 5.74) is 1.98. The van der Waals surface area contributed by atoms with E-state index in [1.54, 1.807) is 19.2 Å². The molecule has 0 atom stereocenters. The number of nitrogens with one attached hydrogen (secondary N) is 1. The van der Waals surface area contributed by atoms with Crippen LogP contribution in [0.3, 0.4) is 0 Å². The van der Waals surface area contributed by atoms with Crippen molar-refractivity contribution < 1.29 is 14.6 Å². The molecule has 0 amide bonds. The molecular formula is C17H21NO3. The fourth-order valence-electron chi connectivity index (χ4n) is 2.03. The van der Waals surface area contributed by atoms with Gasteiger partial charge in [-0.25, -0.2) is 0 Å². The van der Waals surface area contributed by atoms with Gasteiger partial charge in [-0.05, 0) is 42.4 Å². The Balaban J connectivity index is 2.10. The zero-order chi connectivity index (χ0) is 15.1. The van der Waals surface area contributed by atoms with Crippen LogP contribution in [0.1, 0.15) is 18.1 Å². The third-order valence-corrected chi connectivity index (χ3v) is 3.14. The molecule has 4 heteroatoms. The van der Waals surface area contributed by atoms with Crippen molar-refractivity contribution in [1.82, 2.24) is 5.32 Å². The second kappa shape index (κ2) is 7.55. The lowest BCUT2D eigenvalue weighted by Crippen LogP contribution is -2.13. The number of hydrogen-bond donors (Lipinski definition) is 2. The Morgan fingerprint density at radius 2 is 2.00 bits per heavy atom. The van der Waals surface area contributed by atoms with Crippen LogP contribution >= 0.6 is 0 Å². The van der Waals surface area contributed by atoms with Crippen molar-refractivity contribution in [2.24, 2.45) is 0 Å². The Labute approximate surface area is 125 Å². The van der Waals surface area contributed by atoms with E-state index in [2.05, 4.69) is 12.2 Å². The summed E-state index contributed by atoms with van der Waals surface area (Å²) in [6.45, 7) is 4.10. The molecule has 0 heterocycles. The zero-order valence-corrected chi connectivity index (χ0v) is 12.4. The summed E-state index contributed by atoms with van der Waals surface area (Å²) in [6.07, 6.45) is 0. The van der Waals surface area contributed by atoms with Crippen LogP contribution < -0.4 is 14.8 Å². The molecule has 0 spiro atoms. The van der Waals surface area contributed by atoms with Gasteiger partial charge in [0, 0.05) is 12.1 Å². The molecule has 2 N–H and O–H groups in total. The molecule has 0 saturated heterocycles. The van der Waals surface area contributed by atoms with Crippen LogP contribution in [0.5, 0.6) is 17.2 Å². The van der Waals surface area contributed by atoms with Crippen LogP contribution in [-0.2, 0) is 13.2 Å². The lowest BCUT2D eigenvalue weighted by Gasteiger charge is -2.13. The van der Waals surface area contributed by atoms with Crippen molar-refractivity contribution in [3.8, 4) is 17.2 Å². The molecule has 2 aromatic rings. The van der Waals surface area contributed by atoms with Gasteiger partial charge in [0.2, 0.25) is 0 Å². The average molecular weight is 287 g/mol. The minimum Gasteiger partial charge on any atom is -0.508 e. The first-order valence-corrected chi connectivity index (χ1v) is 7.01. The van der Waals surface area contributed by atoms with Gasteiger partial charge in [-0.2, -0.15) is 0 Å². The standard InChI is InChI=1S/C17H21NO3/c1-3-18-11-14-10-16(20-2)7-8-17(14)21-12-13-5-4-6-15(19)9-13/h4-10,18-19H,3,11-12H2,1-2H3. The fraction of sp³-hybridized carbons (Fsp3) is 0.294. The number of phenols is 1.